The molecule has 0 aliphatic carbocycles. The lowest BCUT2D eigenvalue weighted by molar-refractivity contribution is -0.119. The smallest absolute Gasteiger partial charge is 0.136 e. The van der Waals surface area contributed by atoms with E-state index in [0.29, 0.717) is 25.7 Å². The summed E-state index contributed by atoms with van der Waals surface area (Å²) >= 11 is 0. The van der Waals surface area contributed by atoms with Crippen LogP contribution in [0, 0.1) is 0 Å². The van der Waals surface area contributed by atoms with Crippen molar-refractivity contribution in [2.45, 2.75) is 39.5 Å². The van der Waals surface area contributed by atoms with Gasteiger partial charge in [-0.2, -0.15) is 0 Å². The highest BCUT2D eigenvalue weighted by atomic mass is 16.1. The molecule has 0 aromatic rings. The second kappa shape index (κ2) is 6.77. The molecule has 0 aromatic heterocycles. The summed E-state index contributed by atoms with van der Waals surface area (Å²) in [5, 5.41) is 0. The van der Waals surface area contributed by atoms with E-state index in [9.17, 15) is 9.59 Å². The van der Waals surface area contributed by atoms with Crippen molar-refractivity contribution in [2.24, 2.45) is 0 Å². The quantitative estimate of drug-likeness (QED) is 0.570. The van der Waals surface area contributed by atoms with Gasteiger partial charge in [0.15, 0.2) is 0 Å². The van der Waals surface area contributed by atoms with Crippen LogP contribution < -0.4 is 0 Å². The van der Waals surface area contributed by atoms with E-state index >= 15 is 0 Å². The zero-order valence-corrected chi connectivity index (χ0v) is 7.80. The summed E-state index contributed by atoms with van der Waals surface area (Å²) in [4.78, 5) is 21.6. The largest absolute Gasteiger partial charge is 0.299 e. The van der Waals surface area contributed by atoms with E-state index in [0.717, 1.165) is 0 Å². The van der Waals surface area contributed by atoms with Crippen LogP contribution in [0.15, 0.2) is 12.2 Å². The van der Waals surface area contributed by atoms with Crippen LogP contribution in [-0.4, -0.2) is 11.6 Å². The molecule has 0 saturated carbocycles. The fourth-order valence-corrected chi connectivity index (χ4v) is 0.718. The lowest BCUT2D eigenvalue weighted by Crippen LogP contribution is -1.93. The van der Waals surface area contributed by atoms with Crippen LogP contribution in [0.5, 0.6) is 0 Å². The highest BCUT2D eigenvalue weighted by molar-refractivity contribution is 5.81. The number of carbonyl (C=O) groups excluding carboxylic acids is 2. The number of allylic oxidation sites excluding steroid dienone is 2. The minimum Gasteiger partial charge on any atom is -0.299 e. The topological polar surface area (TPSA) is 34.1 Å². The molecule has 12 heavy (non-hydrogen) atoms. The first kappa shape index (κ1) is 11.1. The van der Waals surface area contributed by atoms with Crippen LogP contribution in [0.4, 0.5) is 0 Å². The van der Waals surface area contributed by atoms with Crippen LogP contribution in [0.25, 0.3) is 0 Å². The van der Waals surface area contributed by atoms with E-state index in [1.165, 1.54) is 0 Å². The van der Waals surface area contributed by atoms with Crippen molar-refractivity contribution in [3.63, 3.8) is 0 Å². The summed E-state index contributed by atoms with van der Waals surface area (Å²) in [5.74, 6) is 0.436. The zero-order valence-electron chi connectivity index (χ0n) is 7.80. The molecule has 68 valence electrons. The fourth-order valence-electron chi connectivity index (χ4n) is 0.718. The van der Waals surface area contributed by atoms with Crippen molar-refractivity contribution >= 4 is 11.6 Å². The Morgan fingerprint density at radius 3 is 1.50 bits per heavy atom. The minimum absolute atomic E-state index is 0.218. The molecular formula is C10H16O2. The molecule has 0 spiro atoms. The first-order chi connectivity index (χ1) is 5.70. The number of carbonyl (C=O) groups is 2. The van der Waals surface area contributed by atoms with Crippen LogP contribution in [0.3, 0.4) is 0 Å². The number of ketones is 2. The zero-order chi connectivity index (χ0) is 9.40. The maximum atomic E-state index is 10.8. The summed E-state index contributed by atoms with van der Waals surface area (Å²) in [6.45, 7) is 3.68. The Morgan fingerprint density at radius 2 is 1.25 bits per heavy atom. The SMILES string of the molecule is CCC(=O)C/C=C\CC(=O)CC. The Hall–Kier alpha value is -0.920. The first-order valence-corrected chi connectivity index (χ1v) is 4.39. The van der Waals surface area contributed by atoms with Gasteiger partial charge in [0, 0.05) is 25.7 Å². The molecule has 0 unspecified atom stereocenters. The number of hydrogen-bond acceptors (Lipinski definition) is 2. The van der Waals surface area contributed by atoms with E-state index in [2.05, 4.69) is 0 Å². The standard InChI is InChI=1S/C10H16O2/c1-3-9(11)7-5-6-8-10(12)4-2/h5-6H,3-4,7-8H2,1-2H3/b6-5-. The van der Waals surface area contributed by atoms with E-state index in [-0.39, 0.29) is 11.6 Å². The number of hydrogen-bond donors (Lipinski definition) is 0. The second-order valence-corrected chi connectivity index (χ2v) is 2.66. The normalized spacial score (nSPS) is 10.5. The lowest BCUT2D eigenvalue weighted by Gasteiger charge is -1.90. The summed E-state index contributed by atoms with van der Waals surface area (Å²) < 4.78 is 0. The van der Waals surface area contributed by atoms with Crippen molar-refractivity contribution in [3.05, 3.63) is 12.2 Å². The number of rotatable bonds is 6. The van der Waals surface area contributed by atoms with Crippen LogP contribution in [0.1, 0.15) is 39.5 Å². The first-order valence-electron chi connectivity index (χ1n) is 4.39. The van der Waals surface area contributed by atoms with Gasteiger partial charge in [0.05, 0.1) is 0 Å². The Labute approximate surface area is 73.7 Å². The van der Waals surface area contributed by atoms with Crippen molar-refractivity contribution in [1.29, 1.82) is 0 Å². The molecule has 0 rings (SSSR count). The van der Waals surface area contributed by atoms with Crippen LogP contribution in [-0.2, 0) is 9.59 Å². The predicted molar refractivity (Wildman–Crippen MR) is 49.0 cm³/mol. The molecule has 0 radical (unpaired) electrons. The van der Waals surface area contributed by atoms with E-state index < -0.39 is 0 Å². The Bertz CT molecular complexity index is 160. The van der Waals surface area contributed by atoms with Crippen molar-refractivity contribution in [1.82, 2.24) is 0 Å². The van der Waals surface area contributed by atoms with E-state index in [1.807, 2.05) is 13.8 Å². The van der Waals surface area contributed by atoms with Gasteiger partial charge in [-0.1, -0.05) is 26.0 Å². The molecule has 2 nitrogen and oxygen atoms in total. The molecule has 0 aliphatic rings. The monoisotopic (exact) mass is 168 g/mol. The Balaban J connectivity index is 3.50. The third kappa shape index (κ3) is 5.83. The third-order valence-corrected chi connectivity index (χ3v) is 1.65. The van der Waals surface area contributed by atoms with Crippen molar-refractivity contribution < 1.29 is 9.59 Å². The lowest BCUT2D eigenvalue weighted by atomic mass is 10.2. The van der Waals surface area contributed by atoms with Crippen LogP contribution >= 0.6 is 0 Å². The molecule has 0 aliphatic heterocycles. The molecule has 0 fully saturated rings. The number of Topliss-reactive ketones (excluding diaryl/α,β-unsaturated/α-hetero) is 2. The van der Waals surface area contributed by atoms with Gasteiger partial charge in [-0.05, 0) is 0 Å². The fraction of sp³-hybridized carbons (Fsp3) is 0.600. The predicted octanol–water partition coefficient (Wildman–Crippen LogP) is 2.28. The van der Waals surface area contributed by atoms with Gasteiger partial charge >= 0.3 is 0 Å². The minimum atomic E-state index is 0.218. The van der Waals surface area contributed by atoms with Gasteiger partial charge in [0.1, 0.15) is 11.6 Å². The van der Waals surface area contributed by atoms with Gasteiger partial charge in [0.2, 0.25) is 0 Å². The van der Waals surface area contributed by atoms with E-state index in [1.54, 1.807) is 12.2 Å². The molecule has 0 amide bonds. The molecule has 2 heteroatoms. The Kier molecular flexibility index (Phi) is 6.25. The third-order valence-electron chi connectivity index (χ3n) is 1.65. The highest BCUT2D eigenvalue weighted by Gasteiger charge is 1.94. The summed E-state index contributed by atoms with van der Waals surface area (Å²) in [6, 6.07) is 0. The molecule has 0 bridgehead atoms. The van der Waals surface area contributed by atoms with Gasteiger partial charge in [-0.15, -0.1) is 0 Å². The molecular weight excluding hydrogens is 152 g/mol. The maximum absolute atomic E-state index is 10.8. The molecule has 0 saturated heterocycles. The average molecular weight is 168 g/mol. The average Bonchev–Trinajstić information content (AvgIpc) is 2.11. The maximum Gasteiger partial charge on any atom is 0.136 e. The summed E-state index contributed by atoms with van der Waals surface area (Å²) in [5.41, 5.74) is 0. The van der Waals surface area contributed by atoms with Gasteiger partial charge < -0.3 is 0 Å². The Morgan fingerprint density at radius 1 is 0.917 bits per heavy atom. The van der Waals surface area contributed by atoms with Gasteiger partial charge in [0.25, 0.3) is 0 Å². The molecule has 0 heterocycles. The molecule has 0 N–H and O–H groups in total. The van der Waals surface area contributed by atoms with Gasteiger partial charge in [-0.3, -0.25) is 9.59 Å². The van der Waals surface area contributed by atoms with Crippen molar-refractivity contribution in [2.75, 3.05) is 0 Å². The van der Waals surface area contributed by atoms with E-state index in [4.69, 9.17) is 0 Å². The van der Waals surface area contributed by atoms with Crippen LogP contribution in [0.2, 0.25) is 0 Å². The summed E-state index contributed by atoms with van der Waals surface area (Å²) in [6.07, 6.45) is 5.64. The van der Waals surface area contributed by atoms with Crippen molar-refractivity contribution in [3.8, 4) is 0 Å². The molecule has 0 aromatic carbocycles. The molecule has 0 atom stereocenters. The summed E-state index contributed by atoms with van der Waals surface area (Å²) in [7, 11) is 0. The van der Waals surface area contributed by atoms with Gasteiger partial charge in [-0.25, -0.2) is 0 Å². The highest BCUT2D eigenvalue weighted by Crippen LogP contribution is 1.94. The second-order valence-electron chi connectivity index (χ2n) is 2.66.